The molecule has 3 aromatic carbocycles. The zero-order valence-electron chi connectivity index (χ0n) is 23.5. The molecule has 0 aliphatic carbocycles. The van der Waals surface area contributed by atoms with Crippen LogP contribution in [-0.4, -0.2) is 51.9 Å². The van der Waals surface area contributed by atoms with E-state index in [0.717, 1.165) is 4.57 Å². The predicted octanol–water partition coefficient (Wildman–Crippen LogP) is 3.03. The second-order valence-electron chi connectivity index (χ2n) is 9.39. The van der Waals surface area contributed by atoms with Crippen LogP contribution in [0.2, 0.25) is 0 Å². The molecule has 4 atom stereocenters. The minimum absolute atomic E-state index is 0.0804. The van der Waals surface area contributed by atoms with E-state index in [1.165, 1.54) is 48.7 Å². The van der Waals surface area contributed by atoms with Crippen LogP contribution in [0.5, 0.6) is 0 Å². The second-order valence-corrected chi connectivity index (χ2v) is 9.39. The molecule has 1 unspecified atom stereocenters. The van der Waals surface area contributed by atoms with Crippen molar-refractivity contribution in [2.45, 2.75) is 24.0 Å². The fourth-order valence-corrected chi connectivity index (χ4v) is 4.53. The van der Waals surface area contributed by atoms with Gasteiger partial charge in [-0.1, -0.05) is 60.5 Å². The third kappa shape index (κ3) is 6.00. The van der Waals surface area contributed by atoms with Gasteiger partial charge in [0.25, 0.3) is 0 Å². The van der Waals surface area contributed by atoms with Crippen molar-refractivity contribution in [1.29, 1.82) is 0 Å². The van der Waals surface area contributed by atoms with E-state index in [9.17, 15) is 19.2 Å². The highest BCUT2D eigenvalue weighted by molar-refractivity contribution is 5.91. The fourth-order valence-electron chi connectivity index (χ4n) is 4.53. The van der Waals surface area contributed by atoms with Gasteiger partial charge in [0.15, 0.2) is 6.23 Å². The first-order valence-electron chi connectivity index (χ1n) is 13.5. The van der Waals surface area contributed by atoms with Crippen molar-refractivity contribution in [2.24, 2.45) is 0 Å². The topological polar surface area (TPSA) is 149 Å². The molecule has 1 aliphatic rings. The number of nitrogen functional groups attached to an aromatic ring is 1. The number of carbonyl (C=O) groups is 3. The number of nitrogens with zero attached hydrogens (tertiary/aromatic N) is 2. The van der Waals surface area contributed by atoms with E-state index in [4.69, 9.17) is 26.1 Å². The molecule has 2 heterocycles. The Morgan fingerprint density at radius 1 is 0.907 bits per heavy atom. The first kappa shape index (κ1) is 27.4. The largest absolute Gasteiger partial charge is 0.459 e. The van der Waals surface area contributed by atoms with Crippen LogP contribution in [0.4, 0.5) is 5.82 Å². The molecule has 4 aromatic rings. The normalized spacial score (nSPS) is 21.0. The third-order valence-electron chi connectivity index (χ3n) is 6.67. The van der Waals surface area contributed by atoms with E-state index in [1.54, 1.807) is 54.6 Å². The van der Waals surface area contributed by atoms with Crippen molar-refractivity contribution in [1.82, 2.24) is 9.55 Å². The van der Waals surface area contributed by atoms with E-state index in [1.807, 2.05) is 6.40 Å². The highest BCUT2D eigenvalue weighted by Crippen LogP contribution is 2.42. The van der Waals surface area contributed by atoms with E-state index in [0.29, 0.717) is 0 Å². The van der Waals surface area contributed by atoms with Gasteiger partial charge in [0.05, 0.1) is 16.7 Å². The summed E-state index contributed by atoms with van der Waals surface area (Å²) in [7, 11) is 0. The first-order valence-corrected chi connectivity index (χ1v) is 13.0. The Morgan fingerprint density at radius 2 is 1.47 bits per heavy atom. The molecule has 43 heavy (non-hydrogen) atoms. The molecule has 0 amide bonds. The van der Waals surface area contributed by atoms with Crippen LogP contribution in [0.15, 0.2) is 108 Å². The van der Waals surface area contributed by atoms with Gasteiger partial charge < -0.3 is 24.7 Å². The summed E-state index contributed by atoms with van der Waals surface area (Å²) in [5.41, 5.74) is 3.04. The summed E-state index contributed by atoms with van der Waals surface area (Å²) >= 11 is 0. The molecule has 0 bridgehead atoms. The second kappa shape index (κ2) is 12.4. The van der Waals surface area contributed by atoms with Gasteiger partial charge in [0.2, 0.25) is 11.7 Å². The lowest BCUT2D eigenvalue weighted by molar-refractivity contribution is -0.0784. The van der Waals surface area contributed by atoms with E-state index < -0.39 is 54.2 Å². The lowest BCUT2D eigenvalue weighted by Crippen LogP contribution is -2.54. The molecular formula is C32H25N3O8. The number of ether oxygens (including phenoxy) is 4. The molecule has 1 fully saturated rings. The average molecular weight is 581 g/mol. The maximum Gasteiger partial charge on any atom is 0.351 e. The summed E-state index contributed by atoms with van der Waals surface area (Å²) < 4.78 is 32.3. The Hall–Kier alpha value is -5.73. The van der Waals surface area contributed by atoms with Gasteiger partial charge in [0.1, 0.15) is 19.9 Å². The highest BCUT2D eigenvalue weighted by atomic mass is 16.7. The molecule has 1 aliphatic heterocycles. The Morgan fingerprint density at radius 3 is 2.02 bits per heavy atom. The van der Waals surface area contributed by atoms with Crippen molar-refractivity contribution in [3.05, 3.63) is 130 Å². The third-order valence-corrected chi connectivity index (χ3v) is 6.67. The van der Waals surface area contributed by atoms with Gasteiger partial charge in [0, 0.05) is 6.20 Å². The van der Waals surface area contributed by atoms with E-state index in [-0.39, 0.29) is 22.5 Å². The number of carbonyl (C=O) groups excluding carboxylic acids is 3. The Kier molecular flexibility index (Phi) is 7.93. The van der Waals surface area contributed by atoms with Crippen LogP contribution >= 0.6 is 0 Å². The average Bonchev–Trinajstić information content (AvgIpc) is 3.32. The van der Waals surface area contributed by atoms with Crippen molar-refractivity contribution < 1.29 is 34.7 Å². The smallest absolute Gasteiger partial charge is 0.351 e. The molecule has 0 saturated carbocycles. The zero-order valence-corrected chi connectivity index (χ0v) is 22.5. The molecule has 0 radical (unpaired) electrons. The number of rotatable bonds is 8. The summed E-state index contributed by atoms with van der Waals surface area (Å²) in [5.74, 6) is -0.0520. The van der Waals surface area contributed by atoms with Crippen molar-refractivity contribution in [2.75, 3.05) is 12.3 Å². The number of esters is 3. The summed E-state index contributed by atoms with van der Waals surface area (Å²) in [6.45, 7) is -0.572. The van der Waals surface area contributed by atoms with Gasteiger partial charge in [-0.2, -0.15) is 4.98 Å². The summed E-state index contributed by atoms with van der Waals surface area (Å²) in [6, 6.07) is 25.2. The number of hydrogen-bond acceptors (Lipinski definition) is 10. The van der Waals surface area contributed by atoms with Crippen LogP contribution in [-0.2, 0) is 18.9 Å². The maximum absolute atomic E-state index is 13.5. The maximum atomic E-state index is 13.5. The quantitative estimate of drug-likeness (QED) is 0.187. The van der Waals surface area contributed by atoms with E-state index in [2.05, 4.69) is 10.9 Å². The number of hydrogen-bond donors (Lipinski definition) is 1. The van der Waals surface area contributed by atoms with Gasteiger partial charge >= 0.3 is 23.6 Å². The number of nitrogens with two attached hydrogens (primary N) is 1. The number of benzene rings is 3. The molecular weight excluding hydrogens is 554 g/mol. The predicted molar refractivity (Wildman–Crippen MR) is 153 cm³/mol. The number of terminal acetylenes is 1. The lowest BCUT2D eigenvalue weighted by Gasteiger charge is -2.33. The van der Waals surface area contributed by atoms with Gasteiger partial charge in [-0.05, 0) is 42.5 Å². The van der Waals surface area contributed by atoms with Crippen molar-refractivity contribution in [3.63, 3.8) is 0 Å². The number of anilines is 1. The molecule has 1 saturated heterocycles. The molecule has 11 nitrogen and oxygen atoms in total. The zero-order chi connectivity index (χ0) is 31.1. The monoisotopic (exact) mass is 580 g/mol. The minimum Gasteiger partial charge on any atom is -0.459 e. The van der Waals surface area contributed by atoms with Gasteiger partial charge in [-0.15, -0.1) is 6.40 Å². The molecule has 11 heteroatoms. The molecule has 0 spiro atoms. The minimum atomic E-state index is -2.25. The molecule has 1 aromatic heterocycles. The standard InChI is InChI=1S/C32H25N3O8/c1-2-32(43-30(38)23-16-10-5-11-17-23)24(20-40-28(36)21-12-6-3-7-13-21)41-27(35-19-18-25(33)34-31(35)39)26(32)42-29(37)22-14-8-4-9-15-22/h1,3-19,24,26-27H,20H2,(H2,33,34,39)/t24-,26+,27?,32-/m1/s1/i1D. The van der Waals surface area contributed by atoms with Gasteiger partial charge in [-0.3, -0.25) is 4.57 Å². The summed E-state index contributed by atoms with van der Waals surface area (Å²) in [6.07, 6.45) is -1.38. The van der Waals surface area contributed by atoms with Crippen molar-refractivity contribution >= 4 is 23.7 Å². The molecule has 5 rings (SSSR count). The molecule has 216 valence electrons. The van der Waals surface area contributed by atoms with Crippen LogP contribution in [0.3, 0.4) is 0 Å². The Labute approximate surface area is 247 Å². The summed E-state index contributed by atoms with van der Waals surface area (Å²) in [4.78, 5) is 56.5. The summed E-state index contributed by atoms with van der Waals surface area (Å²) in [5, 5.41) is 0. The number of aromatic nitrogens is 2. The van der Waals surface area contributed by atoms with Crippen LogP contribution in [0.25, 0.3) is 0 Å². The first-order chi connectivity index (χ1) is 21.3. The van der Waals surface area contributed by atoms with Gasteiger partial charge in [-0.25, -0.2) is 19.2 Å². The van der Waals surface area contributed by atoms with E-state index >= 15 is 0 Å². The van der Waals surface area contributed by atoms with Crippen LogP contribution in [0.1, 0.15) is 38.7 Å². The lowest BCUT2D eigenvalue weighted by atomic mass is 9.92. The highest BCUT2D eigenvalue weighted by Gasteiger charge is 2.63. The SMILES string of the molecule is [2H]C#C[C@@]1(OC(=O)c2ccccc2)[C@@H](COC(=O)c2ccccc2)OC(n2ccc(N)nc2=O)[C@@H]1OC(=O)c1ccccc1. The fraction of sp³-hybridized carbons (Fsp3) is 0.156. The van der Waals surface area contributed by atoms with Crippen LogP contribution < -0.4 is 11.4 Å². The molecule has 2 N–H and O–H groups in total. The van der Waals surface area contributed by atoms with Crippen LogP contribution in [0, 0.1) is 12.3 Å². The Balaban J connectivity index is 1.61. The Bertz CT molecular complexity index is 1770. The van der Waals surface area contributed by atoms with Crippen molar-refractivity contribution in [3.8, 4) is 12.3 Å².